The van der Waals surface area contributed by atoms with Crippen LogP contribution in [0.25, 0.3) is 0 Å². The molecule has 17 heavy (non-hydrogen) atoms. The Kier molecular flexibility index (Phi) is 5.31. The van der Waals surface area contributed by atoms with Crippen LogP contribution in [0.4, 0.5) is 0 Å². The number of primary amides is 1. The second kappa shape index (κ2) is 6.28. The maximum Gasteiger partial charge on any atom is 0.240 e. The molecule has 4 nitrogen and oxygen atoms in total. The van der Waals surface area contributed by atoms with Crippen molar-refractivity contribution in [1.82, 2.24) is 4.90 Å². The van der Waals surface area contributed by atoms with Gasteiger partial charge in [-0.3, -0.25) is 9.59 Å². The van der Waals surface area contributed by atoms with Crippen molar-refractivity contribution in [3.8, 4) is 0 Å². The van der Waals surface area contributed by atoms with E-state index in [-0.39, 0.29) is 5.91 Å². The van der Waals surface area contributed by atoms with Gasteiger partial charge in [-0.1, -0.05) is 20.8 Å². The van der Waals surface area contributed by atoms with Crippen LogP contribution in [0.1, 0.15) is 33.6 Å². The Morgan fingerprint density at radius 2 is 2.24 bits per heavy atom. The monoisotopic (exact) mass is 258 g/mol. The number of rotatable bonds is 6. The lowest BCUT2D eigenvalue weighted by atomic mass is 10.1. The van der Waals surface area contributed by atoms with E-state index < -0.39 is 11.9 Å². The summed E-state index contributed by atoms with van der Waals surface area (Å²) >= 11 is 1.87. The van der Waals surface area contributed by atoms with Crippen molar-refractivity contribution in [3.05, 3.63) is 0 Å². The molecule has 1 saturated heterocycles. The van der Waals surface area contributed by atoms with Crippen molar-refractivity contribution >= 4 is 23.6 Å². The minimum Gasteiger partial charge on any atom is -0.368 e. The molecule has 0 aromatic heterocycles. The molecule has 0 saturated carbocycles. The highest BCUT2D eigenvalue weighted by molar-refractivity contribution is 7.99. The summed E-state index contributed by atoms with van der Waals surface area (Å²) in [6.45, 7) is 6.87. The van der Waals surface area contributed by atoms with Crippen LogP contribution >= 0.6 is 11.8 Å². The van der Waals surface area contributed by atoms with Crippen molar-refractivity contribution in [2.24, 2.45) is 11.7 Å². The molecule has 2 atom stereocenters. The molecule has 0 radical (unpaired) electrons. The van der Waals surface area contributed by atoms with Crippen LogP contribution in [0, 0.1) is 5.92 Å². The van der Waals surface area contributed by atoms with Crippen LogP contribution in [0.15, 0.2) is 0 Å². The molecule has 2 N–H and O–H groups in total. The number of carbonyl (C=O) groups excluding carboxylic acids is 2. The Bertz CT molecular complexity index is 294. The molecule has 1 aliphatic rings. The number of hydrogen-bond acceptors (Lipinski definition) is 3. The third-order valence-electron chi connectivity index (χ3n) is 3.00. The molecule has 0 spiro atoms. The lowest BCUT2D eigenvalue weighted by molar-refractivity contribution is -0.136. The Morgan fingerprint density at radius 3 is 2.71 bits per heavy atom. The minimum absolute atomic E-state index is 0.0741. The minimum atomic E-state index is -0.420. The van der Waals surface area contributed by atoms with Gasteiger partial charge in [0.2, 0.25) is 11.8 Å². The van der Waals surface area contributed by atoms with Crippen LogP contribution in [0.3, 0.4) is 0 Å². The molecular formula is C12H22N2O2S. The summed E-state index contributed by atoms with van der Waals surface area (Å²) in [7, 11) is 0. The Morgan fingerprint density at radius 1 is 1.59 bits per heavy atom. The Balaban J connectivity index is 2.54. The summed E-state index contributed by atoms with van der Waals surface area (Å²) in [5, 5.41) is 0.581. The van der Waals surface area contributed by atoms with Crippen molar-refractivity contribution in [3.63, 3.8) is 0 Å². The van der Waals surface area contributed by atoms with E-state index in [1.54, 1.807) is 4.90 Å². The van der Waals surface area contributed by atoms with Crippen LogP contribution in [0.5, 0.6) is 0 Å². The van der Waals surface area contributed by atoms with E-state index >= 15 is 0 Å². The fourth-order valence-electron chi connectivity index (χ4n) is 2.13. The third kappa shape index (κ3) is 3.91. The first kappa shape index (κ1) is 14.4. The summed E-state index contributed by atoms with van der Waals surface area (Å²) in [5.41, 5.74) is 5.32. The standard InChI is InChI=1S/C12H22N2O2S/c1-4-10(12(13)16)14-6-9(5-11(14)15)7-17-8(2)3/h8-10H,4-7H2,1-3H3,(H2,13,16). The van der Waals surface area contributed by atoms with Crippen molar-refractivity contribution < 1.29 is 9.59 Å². The van der Waals surface area contributed by atoms with Gasteiger partial charge in [-0.15, -0.1) is 0 Å². The van der Waals surface area contributed by atoms with E-state index in [9.17, 15) is 9.59 Å². The smallest absolute Gasteiger partial charge is 0.240 e. The van der Waals surface area contributed by atoms with Gasteiger partial charge in [0, 0.05) is 13.0 Å². The molecule has 2 unspecified atom stereocenters. The fraction of sp³-hybridized carbons (Fsp3) is 0.833. The zero-order valence-electron chi connectivity index (χ0n) is 10.8. The van der Waals surface area contributed by atoms with Gasteiger partial charge in [0.1, 0.15) is 6.04 Å². The second-order valence-corrected chi connectivity index (χ2v) is 6.43. The number of nitrogens with two attached hydrogens (primary N) is 1. The SMILES string of the molecule is CCC(C(N)=O)N1CC(CSC(C)C)CC1=O. The van der Waals surface area contributed by atoms with Gasteiger partial charge in [-0.2, -0.15) is 11.8 Å². The molecule has 0 aromatic rings. The molecule has 5 heteroatoms. The number of amides is 2. The van der Waals surface area contributed by atoms with Crippen molar-refractivity contribution in [2.45, 2.75) is 44.9 Å². The highest BCUT2D eigenvalue weighted by atomic mass is 32.2. The highest BCUT2D eigenvalue weighted by Crippen LogP contribution is 2.26. The summed E-state index contributed by atoms with van der Waals surface area (Å²) in [6, 6.07) is -0.420. The van der Waals surface area contributed by atoms with Crippen molar-refractivity contribution in [1.29, 1.82) is 0 Å². The first-order chi connectivity index (χ1) is 7.95. The molecule has 2 amide bonds. The lowest BCUT2D eigenvalue weighted by Crippen LogP contribution is -2.45. The van der Waals surface area contributed by atoms with E-state index in [1.807, 2.05) is 18.7 Å². The average Bonchev–Trinajstić information content (AvgIpc) is 2.58. The van der Waals surface area contributed by atoms with E-state index in [0.717, 1.165) is 5.75 Å². The van der Waals surface area contributed by atoms with Crippen LogP contribution in [-0.4, -0.2) is 40.3 Å². The Labute approximate surface area is 107 Å². The predicted octanol–water partition coefficient (Wildman–Crippen LogP) is 1.24. The quantitative estimate of drug-likeness (QED) is 0.779. The van der Waals surface area contributed by atoms with Gasteiger partial charge in [0.15, 0.2) is 0 Å². The normalized spacial score (nSPS) is 22.2. The topological polar surface area (TPSA) is 63.4 Å². The highest BCUT2D eigenvalue weighted by Gasteiger charge is 2.35. The predicted molar refractivity (Wildman–Crippen MR) is 70.7 cm³/mol. The largest absolute Gasteiger partial charge is 0.368 e. The van der Waals surface area contributed by atoms with Gasteiger partial charge < -0.3 is 10.6 Å². The molecule has 0 bridgehead atoms. The van der Waals surface area contributed by atoms with Crippen LogP contribution < -0.4 is 5.73 Å². The average molecular weight is 258 g/mol. The molecule has 98 valence electrons. The third-order valence-corrected chi connectivity index (χ3v) is 4.33. The molecule has 1 heterocycles. The number of thioether (sulfide) groups is 1. The summed E-state index contributed by atoms with van der Waals surface area (Å²) in [6.07, 6.45) is 1.16. The number of nitrogens with zero attached hydrogens (tertiary/aromatic N) is 1. The summed E-state index contributed by atoms with van der Waals surface area (Å²) < 4.78 is 0. The second-order valence-electron chi connectivity index (χ2n) is 4.82. The zero-order chi connectivity index (χ0) is 13.0. The summed E-state index contributed by atoms with van der Waals surface area (Å²) in [5.74, 6) is 1.03. The molecule has 1 fully saturated rings. The maximum atomic E-state index is 11.8. The van der Waals surface area contributed by atoms with Gasteiger partial charge in [0.05, 0.1) is 0 Å². The van der Waals surface area contributed by atoms with E-state index in [1.165, 1.54) is 0 Å². The number of carbonyl (C=O) groups is 2. The molecule has 1 aliphatic heterocycles. The lowest BCUT2D eigenvalue weighted by Gasteiger charge is -2.24. The van der Waals surface area contributed by atoms with Crippen LogP contribution in [-0.2, 0) is 9.59 Å². The maximum absolute atomic E-state index is 11.8. The van der Waals surface area contributed by atoms with Gasteiger partial charge in [-0.25, -0.2) is 0 Å². The van der Waals surface area contributed by atoms with E-state index in [2.05, 4.69) is 13.8 Å². The molecular weight excluding hydrogens is 236 g/mol. The van der Waals surface area contributed by atoms with E-state index in [0.29, 0.717) is 30.6 Å². The number of hydrogen-bond donors (Lipinski definition) is 1. The molecule has 1 rings (SSSR count). The van der Waals surface area contributed by atoms with Crippen molar-refractivity contribution in [2.75, 3.05) is 12.3 Å². The van der Waals surface area contributed by atoms with Gasteiger partial charge >= 0.3 is 0 Å². The Hall–Kier alpha value is -0.710. The molecule has 0 aliphatic carbocycles. The zero-order valence-corrected chi connectivity index (χ0v) is 11.6. The van der Waals surface area contributed by atoms with Crippen LogP contribution in [0.2, 0.25) is 0 Å². The van der Waals surface area contributed by atoms with Gasteiger partial charge in [0.25, 0.3) is 0 Å². The van der Waals surface area contributed by atoms with E-state index in [4.69, 9.17) is 5.73 Å². The summed E-state index contributed by atoms with van der Waals surface area (Å²) in [4.78, 5) is 24.8. The first-order valence-electron chi connectivity index (χ1n) is 6.16. The fourth-order valence-corrected chi connectivity index (χ4v) is 3.01. The molecule has 0 aromatic carbocycles. The first-order valence-corrected chi connectivity index (χ1v) is 7.21. The van der Waals surface area contributed by atoms with Gasteiger partial charge in [-0.05, 0) is 23.3 Å². The number of likely N-dealkylation sites (tertiary alicyclic amines) is 1.